The van der Waals surface area contributed by atoms with Crippen LogP contribution in [0.15, 0.2) is 72.9 Å². The average molecular weight is 697 g/mol. The molecule has 0 aliphatic carbocycles. The Morgan fingerprint density at radius 2 is 1.88 bits per heavy atom. The number of urea groups is 1. The number of thiophene rings is 1. The van der Waals surface area contributed by atoms with Gasteiger partial charge in [-0.05, 0) is 82.5 Å². The minimum absolute atomic E-state index is 0.199. The highest BCUT2D eigenvalue weighted by atomic mass is 32.1. The maximum Gasteiger partial charge on any atom is 0.410 e. The van der Waals surface area contributed by atoms with Crippen molar-refractivity contribution in [3.05, 3.63) is 83.4 Å². The fraction of sp³-hybridized carbons (Fsp3) is 0.324. The Bertz CT molecular complexity index is 1970. The molecule has 260 valence electrons. The van der Waals surface area contributed by atoms with E-state index in [1.165, 1.54) is 22.3 Å². The first kappa shape index (κ1) is 34.4. The number of nitrogens with zero attached hydrogens (tertiary/aromatic N) is 4. The number of amides is 5. The van der Waals surface area contributed by atoms with Crippen LogP contribution in [0.1, 0.15) is 48.8 Å². The minimum atomic E-state index is -0.609. The molecular weight excluding hydrogens is 657 g/mol. The van der Waals surface area contributed by atoms with E-state index in [2.05, 4.69) is 15.6 Å². The number of piperidine rings is 1. The van der Waals surface area contributed by atoms with Crippen molar-refractivity contribution in [2.24, 2.45) is 0 Å². The Kier molecular flexibility index (Phi) is 9.78. The zero-order valence-corrected chi connectivity index (χ0v) is 29.5. The van der Waals surface area contributed by atoms with Crippen molar-refractivity contribution in [2.75, 3.05) is 36.9 Å². The summed E-state index contributed by atoms with van der Waals surface area (Å²) in [6.07, 6.45) is 5.65. The number of para-hydroxylation sites is 1. The van der Waals surface area contributed by atoms with Gasteiger partial charge in [0.25, 0.3) is 5.91 Å². The molecule has 1 saturated heterocycles. The van der Waals surface area contributed by atoms with Crippen LogP contribution in [0.25, 0.3) is 10.2 Å². The Balaban J connectivity index is 1.14. The summed E-state index contributed by atoms with van der Waals surface area (Å²) >= 11 is 1.21. The van der Waals surface area contributed by atoms with Crippen molar-refractivity contribution in [1.29, 1.82) is 0 Å². The fourth-order valence-corrected chi connectivity index (χ4v) is 6.95. The summed E-state index contributed by atoms with van der Waals surface area (Å²) in [5.41, 5.74) is 1.95. The summed E-state index contributed by atoms with van der Waals surface area (Å²) < 4.78 is 11.3. The van der Waals surface area contributed by atoms with Crippen LogP contribution >= 0.6 is 11.3 Å². The number of likely N-dealkylation sites (N-methyl/N-ethyl adjacent to an activating group) is 1. The standard InChI is InChI=1S/C37H40N6O6S/c1-23-21-26(48-25-12-7-6-8-13-25)15-16-27(23)43-28-17-18-38-34-30(28)31(40-35(43)46)32(50-34)33(45)39-24-11-9-20-42(22-24)29(44)14-10-19-41(5)36(47)49-37(2,3)4/h6-8,10,12-18,21,24H,9,11,19-20,22H2,1-5H3,(H,39,45)(H,40,46)/b14-10+/t24-/m1/s1. The predicted octanol–water partition coefficient (Wildman–Crippen LogP) is 7.22. The second-order valence-corrected chi connectivity index (χ2v) is 14.3. The molecule has 6 rings (SSSR count). The zero-order valence-electron chi connectivity index (χ0n) is 28.7. The summed E-state index contributed by atoms with van der Waals surface area (Å²) in [5.74, 6) is 0.823. The molecule has 0 bridgehead atoms. The zero-order chi connectivity index (χ0) is 35.6. The number of nitrogens with one attached hydrogen (secondary N) is 2. The third-order valence-corrected chi connectivity index (χ3v) is 9.35. The molecule has 50 heavy (non-hydrogen) atoms. The van der Waals surface area contributed by atoms with E-state index in [4.69, 9.17) is 9.47 Å². The minimum Gasteiger partial charge on any atom is -0.457 e. The van der Waals surface area contributed by atoms with E-state index >= 15 is 0 Å². The van der Waals surface area contributed by atoms with Gasteiger partial charge in [-0.2, -0.15) is 0 Å². The van der Waals surface area contributed by atoms with Gasteiger partial charge >= 0.3 is 12.1 Å². The van der Waals surface area contributed by atoms with Gasteiger partial charge < -0.3 is 29.9 Å². The molecule has 2 N–H and O–H groups in total. The van der Waals surface area contributed by atoms with Crippen molar-refractivity contribution in [2.45, 2.75) is 52.2 Å². The monoisotopic (exact) mass is 696 g/mol. The van der Waals surface area contributed by atoms with Gasteiger partial charge in [0.15, 0.2) is 0 Å². The number of aryl methyl sites for hydroxylation is 1. The number of hydrogen-bond donors (Lipinski definition) is 2. The van der Waals surface area contributed by atoms with E-state index in [0.29, 0.717) is 69.6 Å². The molecule has 2 aromatic heterocycles. The number of rotatable bonds is 8. The summed E-state index contributed by atoms with van der Waals surface area (Å²) in [7, 11) is 1.61. The van der Waals surface area contributed by atoms with E-state index < -0.39 is 17.7 Å². The number of pyridine rings is 1. The summed E-state index contributed by atoms with van der Waals surface area (Å²) in [4.78, 5) is 62.7. The largest absolute Gasteiger partial charge is 0.457 e. The lowest BCUT2D eigenvalue weighted by Gasteiger charge is -2.33. The number of anilines is 3. The molecule has 13 heteroatoms. The Hall–Kier alpha value is -5.43. The second-order valence-electron chi connectivity index (χ2n) is 13.3. The molecule has 1 atom stereocenters. The number of benzene rings is 2. The number of hydrogen-bond acceptors (Lipinski definition) is 8. The molecule has 12 nitrogen and oxygen atoms in total. The van der Waals surface area contributed by atoms with E-state index in [-0.39, 0.29) is 24.4 Å². The molecule has 2 aliphatic heterocycles. The van der Waals surface area contributed by atoms with Crippen LogP contribution in [-0.4, -0.2) is 77.0 Å². The predicted molar refractivity (Wildman–Crippen MR) is 194 cm³/mol. The lowest BCUT2D eigenvalue weighted by Crippen LogP contribution is -2.49. The van der Waals surface area contributed by atoms with Gasteiger partial charge in [-0.1, -0.05) is 24.3 Å². The van der Waals surface area contributed by atoms with Gasteiger partial charge in [-0.25, -0.2) is 14.6 Å². The quantitative estimate of drug-likeness (QED) is 0.186. The molecule has 0 spiro atoms. The van der Waals surface area contributed by atoms with Crippen LogP contribution in [0.2, 0.25) is 0 Å². The van der Waals surface area contributed by atoms with Crippen molar-refractivity contribution in [3.63, 3.8) is 0 Å². The third-order valence-electron chi connectivity index (χ3n) is 8.25. The van der Waals surface area contributed by atoms with Crippen molar-refractivity contribution in [3.8, 4) is 11.5 Å². The van der Waals surface area contributed by atoms with Crippen LogP contribution in [0, 0.1) is 6.92 Å². The van der Waals surface area contributed by atoms with Gasteiger partial charge in [0.1, 0.15) is 26.8 Å². The number of carbonyl (C=O) groups excluding carboxylic acids is 4. The first-order chi connectivity index (χ1) is 23.9. The lowest BCUT2D eigenvalue weighted by molar-refractivity contribution is -0.127. The molecule has 1 fully saturated rings. The maximum absolute atomic E-state index is 13.7. The normalized spacial score (nSPS) is 15.9. The van der Waals surface area contributed by atoms with Gasteiger partial charge in [0.05, 0.1) is 22.4 Å². The smallest absolute Gasteiger partial charge is 0.410 e. The van der Waals surface area contributed by atoms with Crippen LogP contribution in [0.4, 0.5) is 26.7 Å². The molecule has 0 radical (unpaired) electrons. The fourth-order valence-electron chi connectivity index (χ4n) is 5.93. The highest BCUT2D eigenvalue weighted by molar-refractivity contribution is 7.21. The SMILES string of the molecule is Cc1cc(Oc2ccccc2)ccc1N1C(=O)Nc2c(C(=O)N[C@@H]3CCCN(C(=O)/C=C/CN(C)C(=O)OC(C)(C)C)C3)sc3nccc1c23. The third kappa shape index (κ3) is 7.57. The Labute approximate surface area is 294 Å². The van der Waals surface area contributed by atoms with Crippen molar-refractivity contribution >= 4 is 62.6 Å². The molecule has 0 saturated carbocycles. The number of aromatic nitrogens is 1. The van der Waals surface area contributed by atoms with Gasteiger partial charge in [0.2, 0.25) is 5.91 Å². The molecule has 0 unspecified atom stereocenters. The van der Waals surface area contributed by atoms with Gasteiger partial charge in [-0.3, -0.25) is 14.5 Å². The van der Waals surface area contributed by atoms with E-state index in [9.17, 15) is 19.2 Å². The number of carbonyl (C=O) groups is 4. The summed E-state index contributed by atoms with van der Waals surface area (Å²) in [5, 5.41) is 6.72. The second kappa shape index (κ2) is 14.2. The van der Waals surface area contributed by atoms with Gasteiger partial charge in [0, 0.05) is 45.0 Å². The highest BCUT2D eigenvalue weighted by Crippen LogP contribution is 2.46. The Morgan fingerprint density at radius 1 is 1.10 bits per heavy atom. The Morgan fingerprint density at radius 3 is 2.62 bits per heavy atom. The maximum atomic E-state index is 13.7. The van der Waals surface area contributed by atoms with Crippen LogP contribution in [0.3, 0.4) is 0 Å². The van der Waals surface area contributed by atoms with E-state index in [1.807, 2.05) is 55.5 Å². The molecule has 2 aliphatic rings. The van der Waals surface area contributed by atoms with Crippen LogP contribution < -0.4 is 20.3 Å². The first-order valence-electron chi connectivity index (χ1n) is 16.4. The number of ether oxygens (including phenoxy) is 2. The molecule has 2 aromatic carbocycles. The summed E-state index contributed by atoms with van der Waals surface area (Å²) in [6.45, 7) is 8.41. The molecule has 4 heterocycles. The molecule has 4 aromatic rings. The molecule has 5 amide bonds. The van der Waals surface area contributed by atoms with E-state index in [0.717, 1.165) is 5.56 Å². The van der Waals surface area contributed by atoms with Crippen molar-refractivity contribution in [1.82, 2.24) is 20.1 Å². The van der Waals surface area contributed by atoms with Crippen LogP contribution in [0.5, 0.6) is 11.5 Å². The van der Waals surface area contributed by atoms with Gasteiger partial charge in [-0.15, -0.1) is 11.3 Å². The topological polar surface area (TPSA) is 133 Å². The summed E-state index contributed by atoms with van der Waals surface area (Å²) in [6, 6.07) is 16.1. The number of likely N-dealkylation sites (tertiary alicyclic amines) is 1. The molecular formula is C37H40N6O6S. The first-order valence-corrected chi connectivity index (χ1v) is 17.3. The van der Waals surface area contributed by atoms with Crippen LogP contribution in [-0.2, 0) is 9.53 Å². The highest BCUT2D eigenvalue weighted by Gasteiger charge is 2.34. The lowest BCUT2D eigenvalue weighted by atomic mass is 10.0. The average Bonchev–Trinajstić information content (AvgIpc) is 3.44. The van der Waals surface area contributed by atoms with Crippen molar-refractivity contribution < 1.29 is 28.7 Å². The van der Waals surface area contributed by atoms with E-state index in [1.54, 1.807) is 56.0 Å².